The van der Waals surface area contributed by atoms with E-state index in [0.29, 0.717) is 6.42 Å². The van der Waals surface area contributed by atoms with Gasteiger partial charge >= 0.3 is 0 Å². The number of thiazole rings is 1. The van der Waals surface area contributed by atoms with Crippen molar-refractivity contribution in [3.8, 4) is 0 Å². The van der Waals surface area contributed by atoms with E-state index < -0.39 is 5.60 Å². The Hall–Kier alpha value is -1.20. The average Bonchev–Trinajstić information content (AvgIpc) is 2.70. The number of aromatic nitrogens is 1. The van der Waals surface area contributed by atoms with Gasteiger partial charge in [0.25, 0.3) is 0 Å². The second kappa shape index (κ2) is 5.93. The molecule has 2 N–H and O–H groups in total. The highest BCUT2D eigenvalue weighted by atomic mass is 32.1. The fourth-order valence-corrected chi connectivity index (χ4v) is 1.66. The molecule has 94 valence electrons. The van der Waals surface area contributed by atoms with Crippen LogP contribution in [0.2, 0.25) is 0 Å². The summed E-state index contributed by atoms with van der Waals surface area (Å²) in [4.78, 5) is 15.7. The van der Waals surface area contributed by atoms with Crippen molar-refractivity contribution in [2.75, 3.05) is 6.54 Å². The minimum Gasteiger partial charge on any atom is -0.388 e. The first kappa shape index (κ1) is 13.9. The Morgan fingerprint density at radius 1 is 1.71 bits per heavy atom. The zero-order valence-electron chi connectivity index (χ0n) is 10.4. The number of amides is 1. The van der Waals surface area contributed by atoms with Gasteiger partial charge in [-0.2, -0.15) is 0 Å². The summed E-state index contributed by atoms with van der Waals surface area (Å²) >= 11 is 1.54. The van der Waals surface area contributed by atoms with Crippen molar-refractivity contribution in [2.45, 2.75) is 32.8 Å². The maximum Gasteiger partial charge on any atom is 0.244 e. The van der Waals surface area contributed by atoms with Gasteiger partial charge in [0.15, 0.2) is 0 Å². The minimum atomic E-state index is -0.847. The van der Waals surface area contributed by atoms with Crippen LogP contribution in [0.25, 0.3) is 6.08 Å². The predicted molar refractivity (Wildman–Crippen MR) is 69.8 cm³/mol. The zero-order chi connectivity index (χ0) is 12.9. The summed E-state index contributed by atoms with van der Waals surface area (Å²) in [6, 6.07) is 0. The highest BCUT2D eigenvalue weighted by Crippen LogP contribution is 2.09. The van der Waals surface area contributed by atoms with E-state index >= 15 is 0 Å². The largest absolute Gasteiger partial charge is 0.388 e. The molecule has 5 heteroatoms. The third-order valence-electron chi connectivity index (χ3n) is 2.45. The summed E-state index contributed by atoms with van der Waals surface area (Å²) in [6.07, 6.45) is 3.70. The van der Waals surface area contributed by atoms with Crippen LogP contribution in [0.15, 0.2) is 11.5 Å². The standard InChI is InChI=1S/C12H18N2O2S/c1-4-12(3,16)8-13-11(15)6-5-10-7-17-9(2)14-10/h5-7,16H,4,8H2,1-3H3,(H,13,15). The van der Waals surface area contributed by atoms with Crippen LogP contribution < -0.4 is 5.32 Å². The molecule has 0 aromatic carbocycles. The zero-order valence-corrected chi connectivity index (χ0v) is 11.2. The number of carbonyl (C=O) groups excluding carboxylic acids is 1. The van der Waals surface area contributed by atoms with Gasteiger partial charge in [0.05, 0.1) is 16.3 Å². The summed E-state index contributed by atoms with van der Waals surface area (Å²) in [6.45, 7) is 5.74. The third kappa shape index (κ3) is 5.10. The van der Waals surface area contributed by atoms with Gasteiger partial charge in [0.2, 0.25) is 5.91 Å². The molecule has 0 saturated heterocycles. The van der Waals surface area contributed by atoms with E-state index in [1.54, 1.807) is 24.3 Å². The molecule has 17 heavy (non-hydrogen) atoms. The van der Waals surface area contributed by atoms with Crippen LogP contribution in [0.4, 0.5) is 0 Å². The van der Waals surface area contributed by atoms with Crippen molar-refractivity contribution >= 4 is 23.3 Å². The van der Waals surface area contributed by atoms with Crippen molar-refractivity contribution in [1.29, 1.82) is 0 Å². The van der Waals surface area contributed by atoms with Crippen LogP contribution in [0, 0.1) is 6.92 Å². The van der Waals surface area contributed by atoms with Gasteiger partial charge in [0, 0.05) is 18.0 Å². The number of hydrogen-bond acceptors (Lipinski definition) is 4. The number of carbonyl (C=O) groups is 1. The number of hydrogen-bond donors (Lipinski definition) is 2. The maximum atomic E-state index is 11.5. The molecule has 0 bridgehead atoms. The number of aliphatic hydroxyl groups is 1. The maximum absolute atomic E-state index is 11.5. The second-order valence-electron chi connectivity index (χ2n) is 4.19. The molecule has 1 rings (SSSR count). The molecule has 1 atom stereocenters. The smallest absolute Gasteiger partial charge is 0.244 e. The molecule has 0 aliphatic carbocycles. The monoisotopic (exact) mass is 254 g/mol. The number of nitrogens with zero attached hydrogens (tertiary/aromatic N) is 1. The van der Waals surface area contributed by atoms with Gasteiger partial charge in [-0.3, -0.25) is 4.79 Å². The van der Waals surface area contributed by atoms with E-state index in [9.17, 15) is 9.90 Å². The fourth-order valence-electron chi connectivity index (χ4n) is 1.08. The van der Waals surface area contributed by atoms with Gasteiger partial charge in [-0.1, -0.05) is 6.92 Å². The molecule has 0 spiro atoms. The lowest BCUT2D eigenvalue weighted by Crippen LogP contribution is -2.39. The topological polar surface area (TPSA) is 62.2 Å². The van der Waals surface area contributed by atoms with E-state index in [-0.39, 0.29) is 12.5 Å². The molecule has 0 aliphatic heterocycles. The summed E-state index contributed by atoms with van der Waals surface area (Å²) in [7, 11) is 0. The summed E-state index contributed by atoms with van der Waals surface area (Å²) < 4.78 is 0. The Morgan fingerprint density at radius 2 is 2.41 bits per heavy atom. The Balaban J connectivity index is 2.42. The molecule has 1 aromatic rings. The minimum absolute atomic E-state index is 0.218. The normalized spacial score (nSPS) is 14.8. The Kier molecular flexibility index (Phi) is 4.84. The molecule has 0 aliphatic rings. The molecular formula is C12H18N2O2S. The van der Waals surface area contributed by atoms with Crippen LogP contribution >= 0.6 is 11.3 Å². The molecule has 1 aromatic heterocycles. The van der Waals surface area contributed by atoms with E-state index in [4.69, 9.17) is 0 Å². The number of rotatable bonds is 5. The van der Waals surface area contributed by atoms with Crippen molar-refractivity contribution < 1.29 is 9.90 Å². The second-order valence-corrected chi connectivity index (χ2v) is 5.26. The van der Waals surface area contributed by atoms with Crippen molar-refractivity contribution in [2.24, 2.45) is 0 Å². The third-order valence-corrected chi connectivity index (χ3v) is 3.24. The van der Waals surface area contributed by atoms with E-state index in [1.807, 2.05) is 19.2 Å². The number of nitrogens with one attached hydrogen (secondary N) is 1. The summed E-state index contributed by atoms with van der Waals surface area (Å²) in [5.41, 5.74) is -0.0642. The number of aryl methyl sites for hydroxylation is 1. The average molecular weight is 254 g/mol. The quantitative estimate of drug-likeness (QED) is 0.787. The van der Waals surface area contributed by atoms with Crippen molar-refractivity contribution in [1.82, 2.24) is 10.3 Å². The van der Waals surface area contributed by atoms with Crippen molar-refractivity contribution in [3.05, 3.63) is 22.2 Å². The SMILES string of the molecule is CCC(C)(O)CNC(=O)C=Cc1csc(C)n1. The Morgan fingerprint density at radius 3 is 2.94 bits per heavy atom. The van der Waals surface area contributed by atoms with Crippen molar-refractivity contribution in [3.63, 3.8) is 0 Å². The van der Waals surface area contributed by atoms with Gasteiger partial charge in [0.1, 0.15) is 0 Å². The molecule has 1 heterocycles. The molecule has 0 radical (unpaired) electrons. The first-order valence-corrected chi connectivity index (χ1v) is 6.41. The predicted octanol–water partition coefficient (Wildman–Crippen LogP) is 1.74. The van der Waals surface area contributed by atoms with E-state index in [0.717, 1.165) is 10.7 Å². The van der Waals surface area contributed by atoms with Crippen LogP contribution in [-0.4, -0.2) is 28.1 Å². The fraction of sp³-hybridized carbons (Fsp3) is 0.500. The molecule has 4 nitrogen and oxygen atoms in total. The first-order valence-electron chi connectivity index (χ1n) is 5.53. The van der Waals surface area contributed by atoms with Crippen LogP contribution in [-0.2, 0) is 4.79 Å². The van der Waals surface area contributed by atoms with Gasteiger partial charge < -0.3 is 10.4 Å². The molecular weight excluding hydrogens is 236 g/mol. The lowest BCUT2D eigenvalue weighted by Gasteiger charge is -2.20. The Labute approximate surface area is 105 Å². The molecule has 0 saturated carbocycles. The highest BCUT2D eigenvalue weighted by Gasteiger charge is 2.17. The lowest BCUT2D eigenvalue weighted by atomic mass is 10.0. The first-order chi connectivity index (χ1) is 7.93. The van der Waals surface area contributed by atoms with Crippen LogP contribution in [0.3, 0.4) is 0 Å². The van der Waals surface area contributed by atoms with E-state index in [2.05, 4.69) is 10.3 Å². The molecule has 1 unspecified atom stereocenters. The highest BCUT2D eigenvalue weighted by molar-refractivity contribution is 7.09. The van der Waals surface area contributed by atoms with Crippen LogP contribution in [0.1, 0.15) is 31.0 Å². The lowest BCUT2D eigenvalue weighted by molar-refractivity contribution is -0.117. The van der Waals surface area contributed by atoms with E-state index in [1.165, 1.54) is 6.08 Å². The van der Waals surface area contributed by atoms with Gasteiger partial charge in [-0.05, 0) is 26.3 Å². The molecule has 0 fully saturated rings. The Bertz CT molecular complexity index is 410. The summed E-state index contributed by atoms with van der Waals surface area (Å²) in [5.74, 6) is -0.218. The summed E-state index contributed by atoms with van der Waals surface area (Å²) in [5, 5.41) is 15.2. The van der Waals surface area contributed by atoms with Gasteiger partial charge in [-0.25, -0.2) is 4.98 Å². The van der Waals surface area contributed by atoms with Crippen LogP contribution in [0.5, 0.6) is 0 Å². The molecule has 1 amide bonds. The van der Waals surface area contributed by atoms with Gasteiger partial charge in [-0.15, -0.1) is 11.3 Å².